The molecule has 0 aliphatic rings. The normalized spacial score (nSPS) is 10.2. The summed E-state index contributed by atoms with van der Waals surface area (Å²) in [6.45, 7) is 3.53. The van der Waals surface area contributed by atoms with Crippen molar-refractivity contribution in [3.63, 3.8) is 0 Å². The summed E-state index contributed by atoms with van der Waals surface area (Å²) in [4.78, 5) is 18.3. The molecule has 1 heterocycles. The lowest BCUT2D eigenvalue weighted by molar-refractivity contribution is -0.386. The number of aryl methyl sites for hydroxylation is 2. The highest BCUT2D eigenvalue weighted by molar-refractivity contribution is 5.50. The number of nitrogens with two attached hydrogens (primary N) is 1. The van der Waals surface area contributed by atoms with Gasteiger partial charge < -0.3 is 4.74 Å². The monoisotopic (exact) mass is 289 g/mol. The van der Waals surface area contributed by atoms with Gasteiger partial charge in [-0.25, -0.2) is 10.8 Å². The van der Waals surface area contributed by atoms with Gasteiger partial charge in [0.2, 0.25) is 5.95 Å². The minimum Gasteiger partial charge on any atom is -0.434 e. The van der Waals surface area contributed by atoms with Crippen molar-refractivity contribution in [3.8, 4) is 11.6 Å². The Bertz CT molecular complexity index is 658. The molecule has 3 N–H and O–H groups in total. The first kappa shape index (κ1) is 14.7. The average Bonchev–Trinajstić information content (AvgIpc) is 2.47. The Morgan fingerprint density at radius 1 is 1.33 bits per heavy atom. The van der Waals surface area contributed by atoms with Crippen LogP contribution in [0.4, 0.5) is 11.6 Å². The second-order valence-electron chi connectivity index (χ2n) is 4.29. The van der Waals surface area contributed by atoms with Gasteiger partial charge in [0.05, 0.1) is 4.92 Å². The Hall–Kier alpha value is -2.74. The molecule has 0 atom stereocenters. The van der Waals surface area contributed by atoms with Crippen LogP contribution >= 0.6 is 0 Å². The molecule has 1 aromatic heterocycles. The molecule has 0 aliphatic carbocycles. The minimum absolute atomic E-state index is 0.0540. The van der Waals surface area contributed by atoms with Crippen molar-refractivity contribution in [2.75, 3.05) is 5.43 Å². The fourth-order valence-electron chi connectivity index (χ4n) is 1.79. The molecule has 8 heteroatoms. The largest absolute Gasteiger partial charge is 0.434 e. The van der Waals surface area contributed by atoms with Crippen LogP contribution in [-0.2, 0) is 6.42 Å². The molecule has 21 heavy (non-hydrogen) atoms. The number of nitrogens with zero attached hydrogens (tertiary/aromatic N) is 3. The van der Waals surface area contributed by atoms with Crippen molar-refractivity contribution < 1.29 is 9.66 Å². The van der Waals surface area contributed by atoms with E-state index < -0.39 is 4.92 Å². The smallest absolute Gasteiger partial charge is 0.352 e. The van der Waals surface area contributed by atoms with Gasteiger partial charge in [0.1, 0.15) is 11.4 Å². The first-order valence-electron chi connectivity index (χ1n) is 6.31. The molecule has 2 aromatic rings. The fraction of sp³-hybridized carbons (Fsp3) is 0.231. The van der Waals surface area contributed by atoms with Gasteiger partial charge >= 0.3 is 11.6 Å². The first-order valence-corrected chi connectivity index (χ1v) is 6.31. The van der Waals surface area contributed by atoms with Crippen LogP contribution in [0.15, 0.2) is 24.3 Å². The highest BCUT2D eigenvalue weighted by atomic mass is 16.6. The Labute approximate surface area is 121 Å². The third-order valence-electron chi connectivity index (χ3n) is 2.88. The van der Waals surface area contributed by atoms with Crippen molar-refractivity contribution >= 4 is 11.6 Å². The molecule has 0 amide bonds. The molecule has 0 bridgehead atoms. The van der Waals surface area contributed by atoms with Gasteiger partial charge in [-0.05, 0) is 31.0 Å². The van der Waals surface area contributed by atoms with Crippen molar-refractivity contribution in [2.24, 2.45) is 5.84 Å². The number of anilines is 1. The lowest BCUT2D eigenvalue weighted by Gasteiger charge is -2.08. The maximum absolute atomic E-state index is 11.1. The summed E-state index contributed by atoms with van der Waals surface area (Å²) < 4.78 is 5.51. The summed E-state index contributed by atoms with van der Waals surface area (Å²) in [7, 11) is 0. The molecular formula is C13H15N5O3. The third kappa shape index (κ3) is 3.23. The van der Waals surface area contributed by atoms with Crippen LogP contribution in [0, 0.1) is 17.0 Å². The van der Waals surface area contributed by atoms with E-state index >= 15 is 0 Å². The molecular weight excluding hydrogens is 274 g/mol. The summed E-state index contributed by atoms with van der Waals surface area (Å²) in [6, 6.07) is 7.24. The van der Waals surface area contributed by atoms with Crippen molar-refractivity contribution in [2.45, 2.75) is 20.3 Å². The molecule has 8 nitrogen and oxygen atoms in total. The summed E-state index contributed by atoms with van der Waals surface area (Å²) >= 11 is 0. The van der Waals surface area contributed by atoms with Crippen LogP contribution in [0.5, 0.6) is 11.6 Å². The van der Waals surface area contributed by atoms with Crippen LogP contribution in [0.2, 0.25) is 0 Å². The highest BCUT2D eigenvalue weighted by Crippen LogP contribution is 2.32. The Morgan fingerprint density at radius 2 is 2.00 bits per heavy atom. The zero-order valence-electron chi connectivity index (χ0n) is 11.7. The predicted molar refractivity (Wildman–Crippen MR) is 77.1 cm³/mol. The maximum Gasteiger partial charge on any atom is 0.352 e. The van der Waals surface area contributed by atoms with Gasteiger partial charge in [-0.3, -0.25) is 15.5 Å². The Balaban J connectivity index is 2.41. The maximum atomic E-state index is 11.1. The first-order chi connectivity index (χ1) is 10.0. The molecule has 110 valence electrons. The average molecular weight is 289 g/mol. The molecule has 0 spiro atoms. The summed E-state index contributed by atoms with van der Waals surface area (Å²) in [5.41, 5.74) is 3.28. The molecule has 0 radical (unpaired) electrons. The lowest BCUT2D eigenvalue weighted by atomic mass is 10.2. The highest BCUT2D eigenvalue weighted by Gasteiger charge is 2.24. The summed E-state index contributed by atoms with van der Waals surface area (Å²) in [5.74, 6) is 5.61. The number of nitrogens with one attached hydrogen (secondary N) is 1. The number of aromatic nitrogens is 2. The number of rotatable bonds is 5. The van der Waals surface area contributed by atoms with Crippen LogP contribution in [0.25, 0.3) is 0 Å². The molecule has 2 rings (SSSR count). The number of hydrazine groups is 1. The van der Waals surface area contributed by atoms with E-state index in [0.29, 0.717) is 5.75 Å². The Morgan fingerprint density at radius 3 is 2.52 bits per heavy atom. The van der Waals surface area contributed by atoms with Gasteiger partial charge in [0.25, 0.3) is 0 Å². The molecule has 1 aromatic carbocycles. The second-order valence-corrected chi connectivity index (χ2v) is 4.29. The van der Waals surface area contributed by atoms with E-state index in [2.05, 4.69) is 15.4 Å². The van der Waals surface area contributed by atoms with E-state index in [-0.39, 0.29) is 23.2 Å². The fourth-order valence-corrected chi connectivity index (χ4v) is 1.79. The van der Waals surface area contributed by atoms with Crippen molar-refractivity contribution in [3.05, 3.63) is 45.6 Å². The van der Waals surface area contributed by atoms with Crippen LogP contribution < -0.4 is 16.0 Å². The molecule has 0 aliphatic heterocycles. The van der Waals surface area contributed by atoms with Gasteiger partial charge in [-0.1, -0.05) is 19.1 Å². The Kier molecular flexibility index (Phi) is 4.29. The number of nitro groups is 1. The molecule has 0 saturated heterocycles. The SMILES string of the molecule is CCc1ccc(Oc2nc(NN)nc(C)c2[N+](=O)[O-])cc1. The van der Waals surface area contributed by atoms with E-state index in [1.165, 1.54) is 6.92 Å². The third-order valence-corrected chi connectivity index (χ3v) is 2.88. The topological polar surface area (TPSA) is 116 Å². The van der Waals surface area contributed by atoms with Crippen molar-refractivity contribution in [1.82, 2.24) is 9.97 Å². The predicted octanol–water partition coefficient (Wildman–Crippen LogP) is 2.33. The van der Waals surface area contributed by atoms with Gasteiger partial charge in [-0.2, -0.15) is 4.98 Å². The number of nitrogen functional groups attached to an aromatic ring is 1. The van der Waals surface area contributed by atoms with E-state index in [1.54, 1.807) is 12.1 Å². The van der Waals surface area contributed by atoms with Gasteiger partial charge in [0, 0.05) is 0 Å². The van der Waals surface area contributed by atoms with Gasteiger partial charge in [0.15, 0.2) is 0 Å². The molecule has 0 fully saturated rings. The van der Waals surface area contributed by atoms with E-state index in [9.17, 15) is 10.1 Å². The van der Waals surface area contributed by atoms with Gasteiger partial charge in [-0.15, -0.1) is 0 Å². The summed E-state index contributed by atoms with van der Waals surface area (Å²) in [6.07, 6.45) is 0.897. The standard InChI is InChI=1S/C13H15N5O3/c1-3-9-4-6-10(7-5-9)21-12-11(18(19)20)8(2)15-13(16-12)17-14/h4-7H,3,14H2,1-2H3,(H,15,16,17). The zero-order chi connectivity index (χ0) is 15.4. The van der Waals surface area contributed by atoms with E-state index in [0.717, 1.165) is 12.0 Å². The number of ether oxygens (including phenoxy) is 1. The number of benzene rings is 1. The lowest BCUT2D eigenvalue weighted by Crippen LogP contribution is -2.12. The number of hydrogen-bond donors (Lipinski definition) is 2. The van der Waals surface area contributed by atoms with Crippen molar-refractivity contribution in [1.29, 1.82) is 0 Å². The second kappa shape index (κ2) is 6.14. The zero-order valence-corrected chi connectivity index (χ0v) is 11.7. The quantitative estimate of drug-likeness (QED) is 0.493. The molecule has 0 unspecified atom stereocenters. The van der Waals surface area contributed by atoms with Crippen LogP contribution in [0.1, 0.15) is 18.2 Å². The van der Waals surface area contributed by atoms with E-state index in [4.69, 9.17) is 10.6 Å². The number of hydrogen-bond acceptors (Lipinski definition) is 7. The minimum atomic E-state index is -0.578. The van der Waals surface area contributed by atoms with Crippen LogP contribution in [0.3, 0.4) is 0 Å². The summed E-state index contributed by atoms with van der Waals surface area (Å²) in [5, 5.41) is 11.1. The van der Waals surface area contributed by atoms with E-state index in [1.807, 2.05) is 19.1 Å². The van der Waals surface area contributed by atoms with Crippen LogP contribution in [-0.4, -0.2) is 14.9 Å². The molecule has 0 saturated carbocycles.